The van der Waals surface area contributed by atoms with E-state index in [1.165, 1.54) is 0 Å². The molecule has 16 nitrogen and oxygen atoms in total. The maximum absolute atomic E-state index is 12.7. The summed E-state index contributed by atoms with van der Waals surface area (Å²) in [5.74, 6) is 2.25. The van der Waals surface area contributed by atoms with Gasteiger partial charge in [0.25, 0.3) is 0 Å². The number of nitrogens with one attached hydrogen (secondary N) is 1. The molecule has 78 heavy (non-hydrogen) atoms. The average molecular weight is 1060 g/mol. The van der Waals surface area contributed by atoms with Crippen LogP contribution in [0.25, 0.3) is 0 Å². The summed E-state index contributed by atoms with van der Waals surface area (Å²) in [6.07, 6.45) is -5.83. The first-order valence-electron chi connectivity index (χ1n) is 25.4. The number of carbonyl (C=O) groups is 3. The van der Waals surface area contributed by atoms with Crippen LogP contribution in [-0.4, -0.2) is 94.1 Å². The van der Waals surface area contributed by atoms with E-state index in [9.17, 15) is 24.6 Å². The maximum atomic E-state index is 12.7. The van der Waals surface area contributed by atoms with Crippen molar-refractivity contribution in [2.75, 3.05) is 41.5 Å². The predicted molar refractivity (Wildman–Crippen MR) is 297 cm³/mol. The molecule has 0 aliphatic carbocycles. The molecule has 0 saturated heterocycles. The molecule has 0 bridgehead atoms. The molecule has 0 aromatic heterocycles. The number of aliphatic hydroxyl groups excluding tert-OH is 2. The van der Waals surface area contributed by atoms with Gasteiger partial charge in [0.1, 0.15) is 77.0 Å². The fourth-order valence-electron chi connectivity index (χ4n) is 8.76. The Morgan fingerprint density at radius 2 is 0.769 bits per heavy atom. The van der Waals surface area contributed by atoms with Gasteiger partial charge in [0.05, 0.1) is 28.4 Å². The van der Waals surface area contributed by atoms with E-state index in [2.05, 4.69) is 5.32 Å². The minimum atomic E-state index is -1.33. The van der Waals surface area contributed by atoms with Gasteiger partial charge < -0.3 is 65.9 Å². The summed E-state index contributed by atoms with van der Waals surface area (Å²) in [5.41, 5.74) is 21.3. The Kier molecular flexibility index (Phi) is 22.5. The van der Waals surface area contributed by atoms with Crippen LogP contribution in [0.3, 0.4) is 0 Å². The van der Waals surface area contributed by atoms with Crippen LogP contribution >= 0.6 is 0 Å². The van der Waals surface area contributed by atoms with Gasteiger partial charge in [0, 0.05) is 32.2 Å². The molecular weight excluding hydrogens is 993 g/mol. The van der Waals surface area contributed by atoms with Crippen LogP contribution in [0.5, 0.6) is 23.0 Å². The summed E-state index contributed by atoms with van der Waals surface area (Å²) in [6.45, 7) is 0.394. The molecule has 7 aromatic carbocycles. The van der Waals surface area contributed by atoms with Crippen LogP contribution in [0.15, 0.2) is 188 Å². The van der Waals surface area contributed by atoms with Gasteiger partial charge in [-0.1, -0.05) is 140 Å². The van der Waals surface area contributed by atoms with E-state index in [1.807, 2.05) is 188 Å². The number of ether oxygens (including phenoxy) is 7. The largest absolute Gasteiger partial charge is 0.497 e. The number of nitrogens with two attached hydrogens (primary N) is 3. The molecule has 0 fully saturated rings. The molecule has 0 aliphatic rings. The summed E-state index contributed by atoms with van der Waals surface area (Å²) in [5, 5.41) is 24.3. The van der Waals surface area contributed by atoms with Crippen LogP contribution in [-0.2, 0) is 41.6 Å². The van der Waals surface area contributed by atoms with Crippen molar-refractivity contribution < 1.29 is 57.8 Å². The number of ketones is 2. The predicted octanol–water partition coefficient (Wildman–Crippen LogP) is 7.90. The highest BCUT2D eigenvalue weighted by atomic mass is 16.6. The van der Waals surface area contributed by atoms with Crippen molar-refractivity contribution in [1.29, 1.82) is 0 Å². The number of hydrogen-bond acceptors (Lipinski definition) is 15. The second-order valence-electron chi connectivity index (χ2n) is 18.1. The van der Waals surface area contributed by atoms with Crippen molar-refractivity contribution >= 4 is 17.7 Å². The third-order valence-electron chi connectivity index (χ3n) is 12.9. The highest BCUT2D eigenvalue weighted by molar-refractivity contribution is 5.80. The van der Waals surface area contributed by atoms with Crippen molar-refractivity contribution in [3.05, 3.63) is 227 Å². The van der Waals surface area contributed by atoms with Gasteiger partial charge in [0.2, 0.25) is 0 Å². The molecule has 4 atom stereocenters. The molecule has 7 aromatic rings. The second kappa shape index (κ2) is 29.5. The minimum Gasteiger partial charge on any atom is -0.497 e. The van der Waals surface area contributed by atoms with Crippen LogP contribution in [0.1, 0.15) is 64.6 Å². The monoisotopic (exact) mass is 1060 g/mol. The zero-order valence-electron chi connectivity index (χ0n) is 44.4. The van der Waals surface area contributed by atoms with E-state index in [-0.39, 0.29) is 56.9 Å². The van der Waals surface area contributed by atoms with Gasteiger partial charge in [-0.3, -0.25) is 9.59 Å². The molecule has 16 heteroatoms. The first kappa shape index (κ1) is 59.3. The smallest absolute Gasteiger partial charge is 0.407 e. The maximum Gasteiger partial charge on any atom is 0.407 e. The summed E-state index contributed by atoms with van der Waals surface area (Å²) in [7, 11) is 6.38. The standard InChI is InChI=1S/C35H38N2O7.C27H32N2O5/c1-41-30-17-13-27(14-18-30)35(26-11-7-4-8-12-26,28-15-19-31(42-2)20-16-28)44-33(36)32(39)23-29(38)21-22-37-34(40)43-24-25-9-5-3-6-10-25;1-32-23-12-8-20(9-13-23)27(19-6-4-3-5-7-19,21-10-14-24(33-2)15-11-21)34-26(29)25(31)18-22(30)16-17-28/h3-20,32-33,39H,21-24,36H2,1-2H3,(H,37,40);3-15,25-26,31H,16-18,28-29H2,1-2H3. The normalized spacial score (nSPS) is 12.8. The first-order valence-corrected chi connectivity index (χ1v) is 25.4. The van der Waals surface area contributed by atoms with Crippen LogP contribution in [0.2, 0.25) is 0 Å². The molecule has 4 unspecified atom stereocenters. The molecule has 410 valence electrons. The van der Waals surface area contributed by atoms with Gasteiger partial charge in [-0.25, -0.2) is 4.79 Å². The molecule has 9 N–H and O–H groups in total. The van der Waals surface area contributed by atoms with Crippen molar-refractivity contribution in [1.82, 2.24) is 5.32 Å². The zero-order chi connectivity index (χ0) is 55.9. The Labute approximate surface area is 456 Å². The Morgan fingerprint density at radius 1 is 0.462 bits per heavy atom. The number of methoxy groups -OCH3 is 4. The topological polar surface area (TPSA) is 246 Å². The third-order valence-corrected chi connectivity index (χ3v) is 12.9. The molecule has 0 spiro atoms. The lowest BCUT2D eigenvalue weighted by Gasteiger charge is -2.39. The van der Waals surface area contributed by atoms with Crippen molar-refractivity contribution in [2.45, 2.75) is 68.2 Å². The number of Topliss-reactive ketones (excluding diaryl/α,β-unsaturated/α-hetero) is 2. The lowest BCUT2D eigenvalue weighted by molar-refractivity contribution is -0.130. The number of rotatable bonds is 27. The molecule has 1 amide bonds. The fraction of sp³-hybridized carbons (Fsp3) is 0.274. The van der Waals surface area contributed by atoms with Crippen LogP contribution < -0.4 is 41.5 Å². The van der Waals surface area contributed by atoms with E-state index in [4.69, 9.17) is 50.4 Å². The van der Waals surface area contributed by atoms with Crippen LogP contribution in [0, 0.1) is 0 Å². The number of aliphatic hydroxyl groups is 2. The highest BCUT2D eigenvalue weighted by Gasteiger charge is 2.43. The summed E-state index contributed by atoms with van der Waals surface area (Å²) < 4.78 is 39.8. The Balaban J connectivity index is 0.000000261. The quantitative estimate of drug-likeness (QED) is 0.0212. The van der Waals surface area contributed by atoms with E-state index in [1.54, 1.807) is 28.4 Å². The molecule has 0 heterocycles. The Bertz CT molecular complexity index is 2800. The molecular formula is C62H70N4O12. The number of amides is 1. The molecule has 0 saturated carbocycles. The van der Waals surface area contributed by atoms with Crippen molar-refractivity contribution in [2.24, 2.45) is 17.2 Å². The second-order valence-corrected chi connectivity index (χ2v) is 18.1. The minimum absolute atomic E-state index is 0.00892. The number of hydrogen-bond donors (Lipinski definition) is 6. The first-order chi connectivity index (χ1) is 37.8. The van der Waals surface area contributed by atoms with Gasteiger partial charge >= 0.3 is 6.09 Å². The van der Waals surface area contributed by atoms with E-state index < -0.39 is 42.0 Å². The summed E-state index contributed by atoms with van der Waals surface area (Å²) in [6, 6.07) is 58.2. The fourth-order valence-corrected chi connectivity index (χ4v) is 8.76. The van der Waals surface area contributed by atoms with Gasteiger partial charge in [0.15, 0.2) is 0 Å². The third kappa shape index (κ3) is 15.6. The van der Waals surface area contributed by atoms with Crippen molar-refractivity contribution in [3.8, 4) is 23.0 Å². The van der Waals surface area contributed by atoms with Gasteiger partial charge in [-0.05, 0) is 94.0 Å². The Morgan fingerprint density at radius 3 is 1.09 bits per heavy atom. The van der Waals surface area contributed by atoms with E-state index >= 15 is 0 Å². The van der Waals surface area contributed by atoms with Crippen molar-refractivity contribution in [3.63, 3.8) is 0 Å². The van der Waals surface area contributed by atoms with Gasteiger partial charge in [-0.2, -0.15) is 0 Å². The Hall–Kier alpha value is -7.93. The number of benzene rings is 7. The summed E-state index contributed by atoms with van der Waals surface area (Å²) >= 11 is 0. The number of alkyl carbamates (subject to hydrolysis) is 1. The van der Waals surface area contributed by atoms with Crippen LogP contribution in [0.4, 0.5) is 4.79 Å². The van der Waals surface area contributed by atoms with E-state index in [0.717, 1.165) is 38.9 Å². The average Bonchev–Trinajstić information content (AvgIpc) is 3.67. The summed E-state index contributed by atoms with van der Waals surface area (Å²) in [4.78, 5) is 36.9. The van der Waals surface area contributed by atoms with Gasteiger partial charge in [-0.15, -0.1) is 0 Å². The van der Waals surface area contributed by atoms with E-state index in [0.29, 0.717) is 23.0 Å². The highest BCUT2D eigenvalue weighted by Crippen LogP contribution is 2.44. The lowest BCUT2D eigenvalue weighted by Crippen LogP contribution is -2.46. The molecule has 0 radical (unpaired) electrons. The zero-order valence-corrected chi connectivity index (χ0v) is 44.4. The lowest BCUT2D eigenvalue weighted by atomic mass is 9.79. The number of carbonyl (C=O) groups excluding carboxylic acids is 3. The molecule has 7 rings (SSSR count). The molecule has 0 aliphatic heterocycles. The SMILES string of the molecule is COc1ccc(C(OC(N)C(O)CC(=O)CCN)(c2ccccc2)c2ccc(OC)cc2)cc1.COc1ccc(C(OC(N)C(O)CC(=O)CCNC(=O)OCc2ccccc2)(c2ccccc2)c2ccc(OC)cc2)cc1.